The summed E-state index contributed by atoms with van der Waals surface area (Å²) >= 11 is 0. The van der Waals surface area contributed by atoms with E-state index in [4.69, 9.17) is 11.0 Å². The highest BCUT2D eigenvalue weighted by Gasteiger charge is 2.12. The second kappa shape index (κ2) is 5.89. The highest BCUT2D eigenvalue weighted by molar-refractivity contribution is 5.33. The number of hydrogen-bond acceptors (Lipinski definition) is 2. The van der Waals surface area contributed by atoms with Crippen molar-refractivity contribution in [2.24, 2.45) is 11.7 Å². The summed E-state index contributed by atoms with van der Waals surface area (Å²) in [4.78, 5) is 0. The Morgan fingerprint density at radius 3 is 2.70 bits per heavy atom. The molecule has 20 heavy (non-hydrogen) atoms. The van der Waals surface area contributed by atoms with Crippen LogP contribution in [0, 0.1) is 23.1 Å². The van der Waals surface area contributed by atoms with Crippen LogP contribution < -0.4 is 5.73 Å². The third kappa shape index (κ3) is 3.06. The third-order valence-electron chi connectivity index (χ3n) is 3.41. The number of nitriles is 1. The molecule has 104 valence electrons. The SMILES string of the molecule is CC(C)C(N)c1ccn(Cc2ccc(C#N)cc2F)c1. The molecule has 0 bridgehead atoms. The van der Waals surface area contributed by atoms with Gasteiger partial charge < -0.3 is 10.3 Å². The molecule has 2 rings (SSSR count). The normalized spacial score (nSPS) is 12.4. The first-order valence-electron chi connectivity index (χ1n) is 6.61. The van der Waals surface area contributed by atoms with Gasteiger partial charge >= 0.3 is 0 Å². The predicted molar refractivity (Wildman–Crippen MR) is 76.4 cm³/mol. The highest BCUT2D eigenvalue weighted by Crippen LogP contribution is 2.20. The van der Waals surface area contributed by atoms with E-state index in [9.17, 15) is 4.39 Å². The molecule has 2 N–H and O–H groups in total. The number of halogens is 1. The van der Waals surface area contributed by atoms with Crippen LogP contribution in [0.25, 0.3) is 0 Å². The van der Waals surface area contributed by atoms with Crippen molar-refractivity contribution in [2.45, 2.75) is 26.4 Å². The molecule has 0 aliphatic heterocycles. The standard InChI is InChI=1S/C16H18FN3/c1-11(2)16(19)14-5-6-20(10-14)9-13-4-3-12(8-18)7-15(13)17/h3-7,10-11,16H,9,19H2,1-2H3. The molecule has 0 aliphatic rings. The molecule has 4 heteroatoms. The Labute approximate surface area is 118 Å². The fourth-order valence-corrected chi connectivity index (χ4v) is 2.08. The van der Waals surface area contributed by atoms with Crippen molar-refractivity contribution in [3.8, 4) is 6.07 Å². The van der Waals surface area contributed by atoms with Gasteiger partial charge in [-0.1, -0.05) is 19.9 Å². The van der Waals surface area contributed by atoms with Gasteiger partial charge in [-0.25, -0.2) is 4.39 Å². The zero-order chi connectivity index (χ0) is 14.7. The van der Waals surface area contributed by atoms with Gasteiger partial charge in [-0.2, -0.15) is 5.26 Å². The van der Waals surface area contributed by atoms with Gasteiger partial charge in [0.1, 0.15) is 5.82 Å². The van der Waals surface area contributed by atoms with E-state index in [-0.39, 0.29) is 11.9 Å². The Morgan fingerprint density at radius 1 is 1.35 bits per heavy atom. The van der Waals surface area contributed by atoms with E-state index in [1.54, 1.807) is 12.1 Å². The summed E-state index contributed by atoms with van der Waals surface area (Å²) in [5, 5.41) is 8.72. The quantitative estimate of drug-likeness (QED) is 0.928. The van der Waals surface area contributed by atoms with Gasteiger partial charge in [0.25, 0.3) is 0 Å². The molecule has 0 fully saturated rings. The van der Waals surface area contributed by atoms with E-state index in [1.807, 2.05) is 29.1 Å². The van der Waals surface area contributed by atoms with Crippen LogP contribution in [0.2, 0.25) is 0 Å². The lowest BCUT2D eigenvalue weighted by molar-refractivity contribution is 0.513. The Balaban J connectivity index is 2.17. The maximum atomic E-state index is 13.8. The molecule has 0 saturated carbocycles. The average molecular weight is 271 g/mol. The topological polar surface area (TPSA) is 54.7 Å². The Hall–Kier alpha value is -2.12. The van der Waals surface area contributed by atoms with E-state index in [0.717, 1.165) is 5.56 Å². The maximum absolute atomic E-state index is 13.8. The molecule has 1 aromatic carbocycles. The Kier molecular flexibility index (Phi) is 4.21. The number of nitrogens with zero attached hydrogens (tertiary/aromatic N) is 2. The first-order valence-corrected chi connectivity index (χ1v) is 6.61. The molecular weight excluding hydrogens is 253 g/mol. The number of rotatable bonds is 4. The summed E-state index contributed by atoms with van der Waals surface area (Å²) in [5.41, 5.74) is 8.03. The molecule has 0 amide bonds. The van der Waals surface area contributed by atoms with Crippen molar-refractivity contribution in [3.63, 3.8) is 0 Å². The van der Waals surface area contributed by atoms with Gasteiger partial charge in [0.05, 0.1) is 11.6 Å². The van der Waals surface area contributed by atoms with Gasteiger partial charge in [0, 0.05) is 30.5 Å². The average Bonchev–Trinajstić information content (AvgIpc) is 2.88. The first kappa shape index (κ1) is 14.3. The number of nitrogens with two attached hydrogens (primary N) is 1. The zero-order valence-electron chi connectivity index (χ0n) is 11.7. The fraction of sp³-hybridized carbons (Fsp3) is 0.312. The highest BCUT2D eigenvalue weighted by atomic mass is 19.1. The largest absolute Gasteiger partial charge is 0.349 e. The van der Waals surface area contributed by atoms with Crippen LogP contribution in [0.3, 0.4) is 0 Å². The van der Waals surface area contributed by atoms with Crippen LogP contribution in [-0.2, 0) is 6.54 Å². The summed E-state index contributed by atoms with van der Waals surface area (Å²) < 4.78 is 15.7. The lowest BCUT2D eigenvalue weighted by Crippen LogP contribution is -2.16. The molecule has 0 saturated heterocycles. The van der Waals surface area contributed by atoms with E-state index in [2.05, 4.69) is 13.8 Å². The molecule has 1 aromatic heterocycles. The summed E-state index contributed by atoms with van der Waals surface area (Å²) in [6.07, 6.45) is 3.84. The lowest BCUT2D eigenvalue weighted by atomic mass is 10.00. The van der Waals surface area contributed by atoms with Crippen molar-refractivity contribution in [1.82, 2.24) is 4.57 Å². The van der Waals surface area contributed by atoms with Crippen molar-refractivity contribution >= 4 is 0 Å². The third-order valence-corrected chi connectivity index (χ3v) is 3.41. The summed E-state index contributed by atoms with van der Waals surface area (Å²) in [6.45, 7) is 4.58. The van der Waals surface area contributed by atoms with Crippen LogP contribution in [0.4, 0.5) is 4.39 Å². The fourth-order valence-electron chi connectivity index (χ4n) is 2.08. The van der Waals surface area contributed by atoms with Crippen LogP contribution in [0.15, 0.2) is 36.7 Å². The van der Waals surface area contributed by atoms with Crippen molar-refractivity contribution < 1.29 is 4.39 Å². The zero-order valence-corrected chi connectivity index (χ0v) is 11.7. The molecular formula is C16H18FN3. The number of aromatic nitrogens is 1. The monoisotopic (exact) mass is 271 g/mol. The maximum Gasteiger partial charge on any atom is 0.129 e. The lowest BCUT2D eigenvalue weighted by Gasteiger charge is -2.13. The second-order valence-corrected chi connectivity index (χ2v) is 5.30. The van der Waals surface area contributed by atoms with Gasteiger partial charge in [0.2, 0.25) is 0 Å². The van der Waals surface area contributed by atoms with Crippen LogP contribution >= 0.6 is 0 Å². The predicted octanol–water partition coefficient (Wildman–Crippen LogP) is 3.20. The van der Waals surface area contributed by atoms with Crippen molar-refractivity contribution in [1.29, 1.82) is 5.26 Å². The Bertz CT molecular complexity index is 637. The molecule has 1 atom stereocenters. The smallest absolute Gasteiger partial charge is 0.129 e. The first-order chi connectivity index (χ1) is 9.51. The molecule has 0 aliphatic carbocycles. The minimum Gasteiger partial charge on any atom is -0.349 e. The minimum atomic E-state index is -0.354. The molecule has 0 radical (unpaired) electrons. The number of hydrogen-bond donors (Lipinski definition) is 1. The van der Waals surface area contributed by atoms with Gasteiger partial charge in [-0.05, 0) is 29.7 Å². The van der Waals surface area contributed by atoms with Crippen LogP contribution in [-0.4, -0.2) is 4.57 Å². The molecule has 3 nitrogen and oxygen atoms in total. The summed E-state index contributed by atoms with van der Waals surface area (Å²) in [7, 11) is 0. The van der Waals surface area contributed by atoms with Crippen LogP contribution in [0.5, 0.6) is 0 Å². The van der Waals surface area contributed by atoms with Gasteiger partial charge in [0.15, 0.2) is 0 Å². The summed E-state index contributed by atoms with van der Waals surface area (Å²) in [6, 6.07) is 8.42. The van der Waals surface area contributed by atoms with E-state index in [1.165, 1.54) is 6.07 Å². The molecule has 1 heterocycles. The molecule has 2 aromatic rings. The molecule has 1 unspecified atom stereocenters. The van der Waals surface area contributed by atoms with E-state index in [0.29, 0.717) is 23.6 Å². The van der Waals surface area contributed by atoms with E-state index >= 15 is 0 Å². The van der Waals surface area contributed by atoms with E-state index < -0.39 is 0 Å². The van der Waals surface area contributed by atoms with Crippen molar-refractivity contribution in [2.75, 3.05) is 0 Å². The van der Waals surface area contributed by atoms with Crippen LogP contribution in [0.1, 0.15) is 36.6 Å². The minimum absolute atomic E-state index is 0.0120. The molecule has 0 spiro atoms. The van der Waals surface area contributed by atoms with Crippen molar-refractivity contribution in [3.05, 3.63) is 59.2 Å². The number of benzene rings is 1. The Morgan fingerprint density at radius 2 is 2.10 bits per heavy atom. The summed E-state index contributed by atoms with van der Waals surface area (Å²) in [5.74, 6) is 0.00459. The van der Waals surface area contributed by atoms with Gasteiger partial charge in [-0.3, -0.25) is 0 Å². The second-order valence-electron chi connectivity index (χ2n) is 5.30. The van der Waals surface area contributed by atoms with Gasteiger partial charge in [-0.15, -0.1) is 0 Å².